The highest BCUT2D eigenvalue weighted by Crippen LogP contribution is 2.43. The summed E-state index contributed by atoms with van der Waals surface area (Å²) >= 11 is 0. The number of hydrogen-bond acceptors (Lipinski definition) is 10. The number of carbonyl (C=O) groups is 1. The molecule has 11 nitrogen and oxygen atoms in total. The first-order chi connectivity index (χ1) is 22.3. The lowest BCUT2D eigenvalue weighted by Crippen LogP contribution is -2.27. The van der Waals surface area contributed by atoms with E-state index in [0.717, 1.165) is 56.8 Å². The quantitative estimate of drug-likeness (QED) is 0.218. The monoisotopic (exact) mass is 629 g/mol. The molecule has 4 aromatic rings. The molecule has 1 amide bonds. The van der Waals surface area contributed by atoms with Gasteiger partial charge in [-0.3, -0.25) is 4.79 Å². The fourth-order valence-corrected chi connectivity index (χ4v) is 6.09. The minimum Gasteiger partial charge on any atom is -0.494 e. The van der Waals surface area contributed by atoms with Crippen molar-refractivity contribution in [2.24, 2.45) is 11.8 Å². The molecule has 2 N–H and O–H groups in total. The number of benzene rings is 2. The molecule has 2 atom stereocenters. The van der Waals surface area contributed by atoms with Gasteiger partial charge in [0.1, 0.15) is 17.7 Å². The van der Waals surface area contributed by atoms with Gasteiger partial charge in [0.15, 0.2) is 23.0 Å². The third-order valence-corrected chi connectivity index (χ3v) is 8.43. The highest BCUT2D eigenvalue weighted by Gasteiger charge is 2.39. The summed E-state index contributed by atoms with van der Waals surface area (Å²) < 4.78 is 45.3. The van der Waals surface area contributed by atoms with Gasteiger partial charge in [0.25, 0.3) is 5.88 Å². The van der Waals surface area contributed by atoms with E-state index in [0.29, 0.717) is 40.0 Å². The van der Waals surface area contributed by atoms with Crippen molar-refractivity contribution in [3.8, 4) is 23.1 Å². The molecule has 238 valence electrons. The lowest BCUT2D eigenvalue weighted by molar-refractivity contribution is -0.111. The van der Waals surface area contributed by atoms with E-state index in [1.165, 1.54) is 12.1 Å². The van der Waals surface area contributed by atoms with Crippen LogP contribution < -0.4 is 29.7 Å². The Bertz CT molecular complexity index is 1820. The van der Waals surface area contributed by atoms with Gasteiger partial charge in [-0.05, 0) is 62.1 Å². The summed E-state index contributed by atoms with van der Waals surface area (Å²) in [5, 5.41) is 6.66. The van der Waals surface area contributed by atoms with Crippen LogP contribution in [0.1, 0.15) is 12.8 Å². The van der Waals surface area contributed by atoms with Gasteiger partial charge in [0, 0.05) is 49.9 Å². The number of carbonyl (C=O) groups excluding carboxylic acids is 1. The first-order valence-electron chi connectivity index (χ1n) is 15.1. The Morgan fingerprint density at radius 1 is 1.00 bits per heavy atom. The number of likely N-dealkylation sites (tertiary alicyclic amines) is 1. The maximum atomic E-state index is 14.4. The molecule has 2 aliphatic heterocycles. The summed E-state index contributed by atoms with van der Waals surface area (Å²) in [6.07, 6.45) is 4.46. The highest BCUT2D eigenvalue weighted by molar-refractivity contribution is 6.02. The molecule has 1 aliphatic carbocycles. The van der Waals surface area contributed by atoms with Crippen LogP contribution in [0, 0.1) is 23.5 Å². The minimum atomic E-state index is -0.850. The summed E-state index contributed by atoms with van der Waals surface area (Å²) in [7, 11) is 3.73. The molecule has 3 fully saturated rings. The van der Waals surface area contributed by atoms with E-state index < -0.39 is 11.6 Å². The Labute approximate surface area is 264 Å². The fraction of sp³-hybridized carbons (Fsp3) is 0.333. The lowest BCUT2D eigenvalue weighted by atomic mass is 10.0. The molecule has 0 bridgehead atoms. The van der Waals surface area contributed by atoms with Crippen molar-refractivity contribution in [2.75, 3.05) is 55.9 Å². The number of anilines is 4. The van der Waals surface area contributed by atoms with Crippen molar-refractivity contribution in [1.82, 2.24) is 19.9 Å². The number of halogens is 2. The number of methoxy groups -OCH3 is 1. The third kappa shape index (κ3) is 6.10. The van der Waals surface area contributed by atoms with E-state index >= 15 is 0 Å². The number of nitrogens with zero attached hydrogens (tertiary/aromatic N) is 5. The standard InChI is InChI=1S/C33H33F2N7O4/c1-4-30(43)37-24-11-25(28(44-3)12-26(24)42-16-19-14-41(2)15-20(19)17-42)38-33-36-13-18-9-29(46-27-8-5-21(34)10-23(27)35)32(39-31(18)40-33)45-22-6-7-22/h4-5,8-13,19-20,22H,1,6-7,14-17H2,2-3H3,(H,37,43)(H,36,38,39,40)/t19-,20+. The maximum Gasteiger partial charge on any atom is 0.260 e. The SMILES string of the molecule is C=CC(=O)Nc1cc(Nc2ncc3cc(Oc4ccc(F)cc4F)c(OC4CC4)nc3n2)c(OC)cc1N1C[C@H]2CN(C)C[C@H]2C1. The zero-order valence-corrected chi connectivity index (χ0v) is 25.4. The van der Waals surface area contributed by atoms with Crippen LogP contribution in [0.15, 0.2) is 55.3 Å². The van der Waals surface area contributed by atoms with Gasteiger partial charge in [-0.1, -0.05) is 6.58 Å². The van der Waals surface area contributed by atoms with E-state index in [-0.39, 0.29) is 35.3 Å². The Morgan fingerprint density at radius 2 is 1.78 bits per heavy atom. The van der Waals surface area contributed by atoms with E-state index in [1.807, 2.05) is 6.07 Å². The van der Waals surface area contributed by atoms with Crippen molar-refractivity contribution >= 4 is 40.0 Å². The highest BCUT2D eigenvalue weighted by atomic mass is 19.1. The van der Waals surface area contributed by atoms with E-state index in [2.05, 4.69) is 49.0 Å². The molecule has 0 radical (unpaired) electrons. The third-order valence-electron chi connectivity index (χ3n) is 8.43. The van der Waals surface area contributed by atoms with E-state index in [1.54, 1.807) is 25.4 Å². The van der Waals surface area contributed by atoms with Crippen molar-refractivity contribution in [2.45, 2.75) is 18.9 Å². The van der Waals surface area contributed by atoms with Crippen LogP contribution in [0.5, 0.6) is 23.1 Å². The van der Waals surface area contributed by atoms with Crippen molar-refractivity contribution in [3.05, 3.63) is 66.9 Å². The smallest absolute Gasteiger partial charge is 0.260 e. The van der Waals surface area contributed by atoms with Crippen molar-refractivity contribution in [3.63, 3.8) is 0 Å². The molecule has 2 saturated heterocycles. The molecule has 4 heterocycles. The summed E-state index contributed by atoms with van der Waals surface area (Å²) in [6.45, 7) is 7.46. The summed E-state index contributed by atoms with van der Waals surface area (Å²) in [4.78, 5) is 30.7. The lowest BCUT2D eigenvalue weighted by Gasteiger charge is -2.26. The topological polar surface area (TPSA) is 114 Å². The second-order valence-electron chi connectivity index (χ2n) is 11.9. The van der Waals surface area contributed by atoms with Crippen LogP contribution in [0.25, 0.3) is 11.0 Å². The predicted octanol–water partition coefficient (Wildman–Crippen LogP) is 5.51. The second-order valence-corrected chi connectivity index (χ2v) is 11.9. The average molecular weight is 630 g/mol. The van der Waals surface area contributed by atoms with Crippen LogP contribution in [0.4, 0.5) is 31.8 Å². The molecular weight excluding hydrogens is 596 g/mol. The first kappa shape index (κ1) is 29.7. The summed E-state index contributed by atoms with van der Waals surface area (Å²) in [5.74, 6) is 0.129. The maximum absolute atomic E-state index is 14.4. The second kappa shape index (κ2) is 12.0. The summed E-state index contributed by atoms with van der Waals surface area (Å²) in [5.41, 5.74) is 2.31. The number of rotatable bonds is 10. The molecule has 46 heavy (non-hydrogen) atoms. The molecule has 2 aromatic carbocycles. The number of nitrogens with one attached hydrogen (secondary N) is 2. The fourth-order valence-electron chi connectivity index (χ4n) is 6.09. The van der Waals surface area contributed by atoms with Crippen LogP contribution in [0.2, 0.25) is 0 Å². The number of aromatic nitrogens is 3. The van der Waals surface area contributed by atoms with E-state index in [9.17, 15) is 13.6 Å². The molecule has 3 aliphatic rings. The number of fused-ring (bicyclic) bond motifs is 2. The van der Waals surface area contributed by atoms with Crippen LogP contribution in [0.3, 0.4) is 0 Å². The average Bonchev–Trinajstić information content (AvgIpc) is 3.66. The van der Waals surface area contributed by atoms with Crippen molar-refractivity contribution in [1.29, 1.82) is 0 Å². The Hall–Kier alpha value is -5.04. The van der Waals surface area contributed by atoms with Crippen LogP contribution in [-0.2, 0) is 4.79 Å². The Morgan fingerprint density at radius 3 is 2.48 bits per heavy atom. The number of ether oxygens (including phenoxy) is 3. The molecule has 2 aromatic heterocycles. The van der Waals surface area contributed by atoms with E-state index in [4.69, 9.17) is 14.2 Å². The van der Waals surface area contributed by atoms with Gasteiger partial charge < -0.3 is 34.6 Å². The molecular formula is C33H33F2N7O4. The van der Waals surface area contributed by atoms with Gasteiger partial charge in [0.05, 0.1) is 24.2 Å². The first-order valence-corrected chi connectivity index (χ1v) is 15.1. The Kier molecular flexibility index (Phi) is 7.77. The van der Waals surface area contributed by atoms with Gasteiger partial charge in [-0.25, -0.2) is 13.8 Å². The molecule has 7 rings (SSSR count). The molecule has 13 heteroatoms. The largest absolute Gasteiger partial charge is 0.494 e. The molecule has 0 unspecified atom stereocenters. The van der Waals surface area contributed by atoms with Gasteiger partial charge in [-0.2, -0.15) is 9.97 Å². The number of hydrogen-bond donors (Lipinski definition) is 2. The normalized spacial score (nSPS) is 19.2. The number of pyridine rings is 1. The molecule has 1 saturated carbocycles. The van der Waals surface area contributed by atoms with Gasteiger partial charge >= 0.3 is 0 Å². The predicted molar refractivity (Wildman–Crippen MR) is 169 cm³/mol. The molecule has 0 spiro atoms. The van der Waals surface area contributed by atoms with Gasteiger partial charge in [0.2, 0.25) is 11.9 Å². The van der Waals surface area contributed by atoms with Crippen LogP contribution in [-0.4, -0.2) is 72.2 Å². The zero-order valence-electron chi connectivity index (χ0n) is 25.4. The Balaban J connectivity index is 1.20. The summed E-state index contributed by atoms with van der Waals surface area (Å²) in [6, 6.07) is 8.37. The van der Waals surface area contributed by atoms with Gasteiger partial charge in [-0.15, -0.1) is 0 Å². The minimum absolute atomic E-state index is 0.0344. The van der Waals surface area contributed by atoms with Crippen molar-refractivity contribution < 1.29 is 27.8 Å². The zero-order chi connectivity index (χ0) is 31.9. The van der Waals surface area contributed by atoms with Crippen LogP contribution >= 0.6 is 0 Å². The number of amides is 1.